The Morgan fingerprint density at radius 1 is 1.12 bits per heavy atom. The number of likely N-dealkylation sites (tertiary alicyclic amines) is 1. The van der Waals surface area contributed by atoms with Crippen molar-refractivity contribution in [2.45, 2.75) is 19.8 Å². The third-order valence-corrected chi connectivity index (χ3v) is 3.82. The monoisotopic (exact) mass is 357 g/mol. The fraction of sp³-hybridized carbons (Fsp3) is 0.375. The summed E-state index contributed by atoms with van der Waals surface area (Å²) in [4.78, 5) is 35.7. The second-order valence-corrected chi connectivity index (χ2v) is 5.83. The number of rotatable bonds is 7. The highest BCUT2D eigenvalue weighted by Gasteiger charge is 2.30. The first-order valence-electron chi connectivity index (χ1n) is 8.23. The van der Waals surface area contributed by atoms with Gasteiger partial charge in [-0.3, -0.25) is 19.3 Å². The molecule has 2 aromatic heterocycles. The molecule has 1 aliphatic rings. The zero-order valence-corrected chi connectivity index (χ0v) is 14.3. The van der Waals surface area contributed by atoms with Crippen molar-refractivity contribution in [3.05, 3.63) is 30.1 Å². The Hall–Kier alpha value is -3.30. The molecule has 0 saturated carbocycles. The van der Waals surface area contributed by atoms with E-state index in [-0.39, 0.29) is 37.1 Å². The van der Waals surface area contributed by atoms with Crippen molar-refractivity contribution in [3.8, 4) is 5.82 Å². The molecule has 0 bridgehead atoms. The Kier molecular flexibility index (Phi) is 5.20. The first-order valence-corrected chi connectivity index (χ1v) is 8.23. The van der Waals surface area contributed by atoms with Gasteiger partial charge in [0.25, 0.3) is 0 Å². The highest BCUT2D eigenvalue weighted by atomic mass is 16.2. The molecule has 3 heterocycles. The first kappa shape index (κ1) is 17.5. The molecule has 1 aliphatic heterocycles. The summed E-state index contributed by atoms with van der Waals surface area (Å²) in [5.74, 6) is 0.205. The van der Waals surface area contributed by atoms with Crippen LogP contribution in [-0.4, -0.2) is 62.2 Å². The largest absolute Gasteiger partial charge is 0.367 e. The fourth-order valence-corrected chi connectivity index (χ4v) is 2.48. The first-order chi connectivity index (χ1) is 12.5. The van der Waals surface area contributed by atoms with Crippen LogP contribution in [0, 0.1) is 6.92 Å². The molecule has 0 aromatic carbocycles. The Morgan fingerprint density at radius 3 is 2.50 bits per heavy atom. The van der Waals surface area contributed by atoms with Crippen LogP contribution < -0.4 is 10.6 Å². The summed E-state index contributed by atoms with van der Waals surface area (Å²) >= 11 is 0. The van der Waals surface area contributed by atoms with Crippen LogP contribution in [0.2, 0.25) is 0 Å². The normalized spacial score (nSPS) is 14.0. The maximum absolute atomic E-state index is 11.8. The zero-order valence-electron chi connectivity index (χ0n) is 14.3. The molecule has 1 saturated heterocycles. The lowest BCUT2D eigenvalue weighted by Crippen LogP contribution is -2.41. The maximum atomic E-state index is 11.8. The van der Waals surface area contributed by atoms with Crippen molar-refractivity contribution in [2.75, 3.05) is 25.0 Å². The van der Waals surface area contributed by atoms with Crippen molar-refractivity contribution in [1.82, 2.24) is 30.2 Å². The third-order valence-electron chi connectivity index (χ3n) is 3.82. The Labute approximate surface area is 149 Å². The number of anilines is 1. The van der Waals surface area contributed by atoms with Gasteiger partial charge in [-0.05, 0) is 25.1 Å². The quantitative estimate of drug-likeness (QED) is 0.513. The number of carbonyl (C=O) groups excluding carboxylic acids is 3. The molecule has 26 heavy (non-hydrogen) atoms. The third kappa shape index (κ3) is 4.21. The molecular weight excluding hydrogens is 338 g/mol. The molecule has 136 valence electrons. The molecule has 3 rings (SSSR count). The van der Waals surface area contributed by atoms with Crippen molar-refractivity contribution in [3.63, 3.8) is 0 Å². The van der Waals surface area contributed by atoms with E-state index in [0.717, 1.165) is 10.6 Å². The van der Waals surface area contributed by atoms with Crippen LogP contribution in [0.15, 0.2) is 24.4 Å². The highest BCUT2D eigenvalue weighted by molar-refractivity contribution is 6.04. The summed E-state index contributed by atoms with van der Waals surface area (Å²) in [6.07, 6.45) is 2.17. The Morgan fingerprint density at radius 2 is 1.88 bits per heavy atom. The van der Waals surface area contributed by atoms with Gasteiger partial charge in [-0.15, -0.1) is 10.2 Å². The van der Waals surface area contributed by atoms with E-state index >= 15 is 0 Å². The van der Waals surface area contributed by atoms with Crippen molar-refractivity contribution in [2.24, 2.45) is 0 Å². The van der Waals surface area contributed by atoms with Gasteiger partial charge in [-0.2, -0.15) is 5.10 Å². The minimum Gasteiger partial charge on any atom is -0.367 e. The smallest absolute Gasteiger partial charge is 0.240 e. The number of hydrogen-bond donors (Lipinski definition) is 2. The van der Waals surface area contributed by atoms with E-state index in [4.69, 9.17) is 0 Å². The lowest BCUT2D eigenvalue weighted by molar-refractivity contribution is -0.142. The van der Waals surface area contributed by atoms with E-state index in [9.17, 15) is 14.4 Å². The number of nitrogens with one attached hydrogen (secondary N) is 2. The van der Waals surface area contributed by atoms with Gasteiger partial charge in [-0.25, -0.2) is 4.68 Å². The van der Waals surface area contributed by atoms with Gasteiger partial charge in [0.15, 0.2) is 5.82 Å². The lowest BCUT2D eigenvalue weighted by Gasteiger charge is -2.13. The van der Waals surface area contributed by atoms with Crippen molar-refractivity contribution >= 4 is 23.5 Å². The predicted octanol–water partition coefficient (Wildman–Crippen LogP) is -0.352. The molecule has 0 spiro atoms. The minimum absolute atomic E-state index is 0.181. The number of hydrogen-bond acceptors (Lipinski definition) is 7. The van der Waals surface area contributed by atoms with Gasteiger partial charge in [0.05, 0.1) is 5.69 Å². The predicted molar refractivity (Wildman–Crippen MR) is 91.3 cm³/mol. The molecule has 0 unspecified atom stereocenters. The van der Waals surface area contributed by atoms with Crippen LogP contribution in [0.25, 0.3) is 5.82 Å². The molecule has 2 N–H and O–H groups in total. The second kappa shape index (κ2) is 7.72. The van der Waals surface area contributed by atoms with E-state index < -0.39 is 0 Å². The number of amides is 3. The molecule has 3 amide bonds. The average molecular weight is 357 g/mol. The van der Waals surface area contributed by atoms with Crippen LogP contribution >= 0.6 is 0 Å². The van der Waals surface area contributed by atoms with Gasteiger partial charge < -0.3 is 10.6 Å². The summed E-state index contributed by atoms with van der Waals surface area (Å²) in [5, 5.41) is 18.1. The molecule has 10 heteroatoms. The van der Waals surface area contributed by atoms with E-state index in [0.29, 0.717) is 24.7 Å². The zero-order chi connectivity index (χ0) is 18.5. The summed E-state index contributed by atoms with van der Waals surface area (Å²) in [6.45, 7) is 2.43. The van der Waals surface area contributed by atoms with Crippen LogP contribution in [-0.2, 0) is 14.4 Å². The molecule has 0 atom stereocenters. The minimum atomic E-state index is -0.370. The second-order valence-electron chi connectivity index (χ2n) is 5.83. The van der Waals surface area contributed by atoms with Crippen LogP contribution in [0.1, 0.15) is 18.5 Å². The highest BCUT2D eigenvalue weighted by Crippen LogP contribution is 2.10. The summed E-state index contributed by atoms with van der Waals surface area (Å²) < 4.78 is 1.63. The number of nitrogens with zero attached hydrogens (tertiary/aromatic N) is 5. The van der Waals surface area contributed by atoms with Crippen molar-refractivity contribution < 1.29 is 14.4 Å². The van der Waals surface area contributed by atoms with Gasteiger partial charge in [-0.1, -0.05) is 0 Å². The Balaban J connectivity index is 1.40. The average Bonchev–Trinajstić information content (AvgIpc) is 3.20. The Bertz CT molecular complexity index is 800. The van der Waals surface area contributed by atoms with Gasteiger partial charge in [0, 0.05) is 32.1 Å². The molecule has 1 fully saturated rings. The van der Waals surface area contributed by atoms with E-state index in [2.05, 4.69) is 25.9 Å². The van der Waals surface area contributed by atoms with Crippen molar-refractivity contribution in [1.29, 1.82) is 0 Å². The number of carbonyl (C=O) groups is 3. The van der Waals surface area contributed by atoms with Crippen LogP contribution in [0.5, 0.6) is 0 Å². The fourth-order valence-electron chi connectivity index (χ4n) is 2.48. The van der Waals surface area contributed by atoms with Gasteiger partial charge in [0.1, 0.15) is 12.4 Å². The number of imide groups is 1. The standard InChI is InChI=1S/C16H19N7O3/c1-11-6-9-23(21-11)13-3-2-12(19-20-13)17-7-8-18-14(24)10-22-15(25)4-5-16(22)26/h2-3,6,9H,4-5,7-8,10H2,1H3,(H,17,19)(H,18,24). The summed E-state index contributed by atoms with van der Waals surface area (Å²) in [5.41, 5.74) is 0.891. The number of aryl methyl sites for hydroxylation is 1. The molecule has 0 radical (unpaired) electrons. The van der Waals surface area contributed by atoms with E-state index in [1.165, 1.54) is 0 Å². The van der Waals surface area contributed by atoms with Crippen LogP contribution in [0.4, 0.5) is 5.82 Å². The molecule has 10 nitrogen and oxygen atoms in total. The topological polar surface area (TPSA) is 122 Å². The van der Waals surface area contributed by atoms with E-state index in [1.54, 1.807) is 23.0 Å². The molecule has 0 aliphatic carbocycles. The van der Waals surface area contributed by atoms with E-state index in [1.807, 2.05) is 13.0 Å². The summed E-state index contributed by atoms with van der Waals surface area (Å²) in [7, 11) is 0. The SMILES string of the molecule is Cc1ccn(-c2ccc(NCCNC(=O)CN3C(=O)CCC3=O)nn2)n1. The molecular formula is C16H19N7O3. The van der Waals surface area contributed by atoms with Gasteiger partial charge in [0.2, 0.25) is 17.7 Å². The lowest BCUT2D eigenvalue weighted by atomic mass is 10.4. The van der Waals surface area contributed by atoms with Crippen LogP contribution in [0.3, 0.4) is 0 Å². The number of aromatic nitrogens is 4. The maximum Gasteiger partial charge on any atom is 0.240 e. The van der Waals surface area contributed by atoms with Gasteiger partial charge >= 0.3 is 0 Å². The summed E-state index contributed by atoms with van der Waals surface area (Å²) in [6, 6.07) is 5.42. The molecule has 2 aromatic rings.